The van der Waals surface area contributed by atoms with Gasteiger partial charge in [-0.05, 0) is 26.0 Å². The Morgan fingerprint density at radius 1 is 1.15 bits per heavy atom. The fraction of sp³-hybridized carbons (Fsp3) is 0.200. The lowest BCUT2D eigenvalue weighted by Gasteiger charge is -2.11. The maximum absolute atomic E-state index is 12.5. The third kappa shape index (κ3) is 4.65. The minimum Gasteiger partial charge on any atom is -0.325 e. The van der Waals surface area contributed by atoms with Gasteiger partial charge in [-0.3, -0.25) is 9.00 Å². The lowest BCUT2D eigenvalue weighted by atomic mass is 10.2. The van der Waals surface area contributed by atoms with Crippen LogP contribution in [0.3, 0.4) is 0 Å². The van der Waals surface area contributed by atoms with Crippen molar-refractivity contribution in [2.45, 2.75) is 24.9 Å². The van der Waals surface area contributed by atoms with Crippen molar-refractivity contribution in [2.24, 2.45) is 0 Å². The smallest absolute Gasteiger partial charge is 0.239 e. The molecule has 0 saturated carbocycles. The number of hydrogen-bond acceptors (Lipinski definition) is 4. The number of amides is 1. The predicted octanol–water partition coefficient (Wildman–Crippen LogP) is 4.39. The molecule has 1 amide bonds. The van der Waals surface area contributed by atoms with Crippen molar-refractivity contribution in [3.63, 3.8) is 0 Å². The normalized spacial score (nSPS) is 13.2. The number of benzene rings is 2. The zero-order chi connectivity index (χ0) is 18.5. The Labute approximate surface area is 159 Å². The van der Waals surface area contributed by atoms with Crippen LogP contribution >= 0.6 is 11.3 Å². The summed E-state index contributed by atoms with van der Waals surface area (Å²) in [5, 5.41) is 5.00. The molecule has 134 valence electrons. The number of rotatable bonds is 6. The van der Waals surface area contributed by atoms with E-state index in [0.717, 1.165) is 16.3 Å². The Kier molecular flexibility index (Phi) is 5.96. The first-order chi connectivity index (χ1) is 12.5. The molecule has 2 atom stereocenters. The second-order valence-electron chi connectivity index (χ2n) is 6.03. The Morgan fingerprint density at radius 2 is 1.85 bits per heavy atom. The summed E-state index contributed by atoms with van der Waals surface area (Å²) in [5.41, 5.74) is 3.71. The van der Waals surface area contributed by atoms with Crippen molar-refractivity contribution < 1.29 is 9.00 Å². The van der Waals surface area contributed by atoms with Gasteiger partial charge in [0.1, 0.15) is 10.3 Å². The van der Waals surface area contributed by atoms with Crippen LogP contribution in [0.1, 0.15) is 18.2 Å². The maximum Gasteiger partial charge on any atom is 0.239 e. The molecule has 2 aromatic carbocycles. The standard InChI is InChI=1S/C20H20N2O2S2/c1-14-8-10-16(11-9-14)20-22-18(12-25-20)13-26(24)15(2)19(23)21-17-6-4-3-5-7-17/h3-12,15H,13H2,1-2H3,(H,21,23)/t15-,26+/m1/s1. The summed E-state index contributed by atoms with van der Waals surface area (Å²) in [6, 6.07) is 17.3. The molecule has 0 spiro atoms. The molecule has 0 radical (unpaired) electrons. The predicted molar refractivity (Wildman–Crippen MR) is 109 cm³/mol. The van der Waals surface area contributed by atoms with Crippen LogP contribution in [0.5, 0.6) is 0 Å². The van der Waals surface area contributed by atoms with E-state index in [1.807, 2.05) is 66.9 Å². The first-order valence-electron chi connectivity index (χ1n) is 8.27. The van der Waals surface area contributed by atoms with Gasteiger partial charge >= 0.3 is 0 Å². The quantitative estimate of drug-likeness (QED) is 0.685. The average molecular weight is 385 g/mol. The van der Waals surface area contributed by atoms with Crippen LogP contribution in [0.15, 0.2) is 60.0 Å². The Bertz CT molecular complexity index is 905. The van der Waals surface area contributed by atoms with E-state index >= 15 is 0 Å². The van der Waals surface area contributed by atoms with Crippen molar-refractivity contribution in [2.75, 3.05) is 5.32 Å². The van der Waals surface area contributed by atoms with E-state index in [1.165, 1.54) is 16.9 Å². The summed E-state index contributed by atoms with van der Waals surface area (Å²) in [7, 11) is -1.33. The molecular formula is C20H20N2O2S2. The van der Waals surface area contributed by atoms with Crippen molar-refractivity contribution in [1.29, 1.82) is 0 Å². The third-order valence-corrected chi connectivity index (χ3v) is 6.47. The highest BCUT2D eigenvalue weighted by molar-refractivity contribution is 7.85. The zero-order valence-electron chi connectivity index (χ0n) is 14.6. The molecule has 0 unspecified atom stereocenters. The minimum atomic E-state index is -1.33. The minimum absolute atomic E-state index is 0.247. The zero-order valence-corrected chi connectivity index (χ0v) is 16.3. The molecule has 0 aliphatic heterocycles. The molecule has 6 heteroatoms. The van der Waals surface area contributed by atoms with E-state index < -0.39 is 16.0 Å². The second kappa shape index (κ2) is 8.38. The van der Waals surface area contributed by atoms with Gasteiger partial charge in [-0.25, -0.2) is 4.98 Å². The van der Waals surface area contributed by atoms with Crippen molar-refractivity contribution >= 4 is 33.7 Å². The van der Waals surface area contributed by atoms with Gasteiger partial charge in [0, 0.05) is 27.4 Å². The van der Waals surface area contributed by atoms with E-state index in [-0.39, 0.29) is 11.7 Å². The molecule has 3 rings (SSSR count). The first-order valence-corrected chi connectivity index (χ1v) is 10.5. The number of nitrogens with one attached hydrogen (secondary N) is 1. The van der Waals surface area contributed by atoms with E-state index in [0.29, 0.717) is 5.69 Å². The van der Waals surface area contributed by atoms with Crippen molar-refractivity contribution in [3.8, 4) is 10.6 Å². The number of nitrogens with zero attached hydrogens (tertiary/aromatic N) is 1. The molecule has 0 aliphatic rings. The van der Waals surface area contributed by atoms with Crippen molar-refractivity contribution in [1.82, 2.24) is 4.98 Å². The fourth-order valence-corrected chi connectivity index (χ4v) is 4.28. The summed E-state index contributed by atoms with van der Waals surface area (Å²) in [6.07, 6.45) is 0. The molecule has 0 bridgehead atoms. The van der Waals surface area contributed by atoms with Gasteiger partial charge in [-0.2, -0.15) is 0 Å². The molecule has 0 saturated heterocycles. The monoisotopic (exact) mass is 384 g/mol. The Hall–Kier alpha value is -2.31. The number of thiazole rings is 1. The lowest BCUT2D eigenvalue weighted by molar-refractivity contribution is -0.115. The van der Waals surface area contributed by atoms with Crippen LogP contribution in [0.4, 0.5) is 5.69 Å². The average Bonchev–Trinajstić information content (AvgIpc) is 3.11. The summed E-state index contributed by atoms with van der Waals surface area (Å²) < 4.78 is 12.5. The fourth-order valence-electron chi connectivity index (χ4n) is 2.36. The van der Waals surface area contributed by atoms with Crippen molar-refractivity contribution in [3.05, 3.63) is 71.2 Å². The van der Waals surface area contributed by atoms with Gasteiger partial charge in [-0.15, -0.1) is 11.3 Å². The van der Waals surface area contributed by atoms with E-state index in [4.69, 9.17) is 0 Å². The molecule has 3 aromatic rings. The Morgan fingerprint density at radius 3 is 2.54 bits per heavy atom. The summed E-state index contributed by atoms with van der Waals surface area (Å²) in [4.78, 5) is 16.9. The number of aromatic nitrogens is 1. The number of carbonyl (C=O) groups is 1. The summed E-state index contributed by atoms with van der Waals surface area (Å²) >= 11 is 1.53. The molecular weight excluding hydrogens is 364 g/mol. The number of aryl methyl sites for hydroxylation is 1. The van der Waals surface area contributed by atoms with Gasteiger partial charge in [0.15, 0.2) is 0 Å². The molecule has 26 heavy (non-hydrogen) atoms. The SMILES string of the molecule is Cc1ccc(-c2nc(C[S@](=O)[C@H](C)C(=O)Nc3ccccc3)cs2)cc1. The van der Waals surface area contributed by atoms with Gasteiger partial charge in [-0.1, -0.05) is 48.0 Å². The van der Waals surface area contributed by atoms with E-state index in [2.05, 4.69) is 10.3 Å². The number of para-hydroxylation sites is 1. The molecule has 1 N–H and O–H groups in total. The van der Waals surface area contributed by atoms with Crippen LogP contribution in [-0.2, 0) is 21.3 Å². The largest absolute Gasteiger partial charge is 0.325 e. The van der Waals surface area contributed by atoms with E-state index in [1.54, 1.807) is 6.92 Å². The number of anilines is 1. The van der Waals surface area contributed by atoms with Crippen LogP contribution in [0.2, 0.25) is 0 Å². The highest BCUT2D eigenvalue weighted by atomic mass is 32.2. The second-order valence-corrected chi connectivity index (χ2v) is 8.65. The topological polar surface area (TPSA) is 59.1 Å². The Balaban J connectivity index is 1.62. The summed E-state index contributed by atoms with van der Waals surface area (Å²) in [6.45, 7) is 3.73. The molecule has 1 aromatic heterocycles. The molecule has 1 heterocycles. The van der Waals surface area contributed by atoms with Gasteiger partial charge in [0.2, 0.25) is 5.91 Å². The van der Waals surface area contributed by atoms with Crippen LogP contribution in [-0.4, -0.2) is 20.3 Å². The number of carbonyl (C=O) groups excluding carboxylic acids is 1. The molecule has 0 fully saturated rings. The first kappa shape index (κ1) is 18.5. The molecule has 4 nitrogen and oxygen atoms in total. The van der Waals surface area contributed by atoms with Gasteiger partial charge in [0.25, 0.3) is 0 Å². The molecule has 0 aliphatic carbocycles. The lowest BCUT2D eigenvalue weighted by Crippen LogP contribution is -2.29. The maximum atomic E-state index is 12.5. The third-order valence-electron chi connectivity index (χ3n) is 3.95. The van der Waals surface area contributed by atoms with Gasteiger partial charge in [0.05, 0.1) is 11.4 Å². The highest BCUT2D eigenvalue weighted by Gasteiger charge is 2.21. The summed E-state index contributed by atoms with van der Waals surface area (Å²) in [5.74, 6) is 0.0228. The highest BCUT2D eigenvalue weighted by Crippen LogP contribution is 2.25. The number of hydrogen-bond donors (Lipinski definition) is 1. The van der Waals surface area contributed by atoms with E-state index in [9.17, 15) is 9.00 Å². The van der Waals surface area contributed by atoms with Gasteiger partial charge < -0.3 is 5.32 Å². The van der Waals surface area contributed by atoms with Crippen LogP contribution in [0.25, 0.3) is 10.6 Å². The van der Waals surface area contributed by atoms with Crippen LogP contribution in [0, 0.1) is 6.92 Å². The van der Waals surface area contributed by atoms with Crippen LogP contribution < -0.4 is 5.32 Å².